The molecule has 0 aromatic heterocycles. The molecule has 56 valence electrons. The summed E-state index contributed by atoms with van der Waals surface area (Å²) in [6.45, 7) is 6.03. The molecule has 0 amide bonds. The summed E-state index contributed by atoms with van der Waals surface area (Å²) in [6, 6.07) is 0. The van der Waals surface area contributed by atoms with Crippen molar-refractivity contribution in [2.45, 2.75) is 32.8 Å². The lowest BCUT2D eigenvalue weighted by molar-refractivity contribution is 0.196. The van der Waals surface area contributed by atoms with Crippen LogP contribution >= 0.6 is 0 Å². The fourth-order valence-corrected chi connectivity index (χ4v) is 0.639. The average molecular weight is 131 g/mol. The van der Waals surface area contributed by atoms with Gasteiger partial charge in [-0.15, -0.1) is 0 Å². The van der Waals surface area contributed by atoms with E-state index in [-0.39, 0.29) is 6.10 Å². The van der Waals surface area contributed by atoms with E-state index >= 15 is 0 Å². The van der Waals surface area contributed by atoms with E-state index in [4.69, 9.17) is 5.11 Å². The van der Waals surface area contributed by atoms with Gasteiger partial charge >= 0.3 is 0 Å². The standard InChI is InChI=1S/C4H9NO.C3H8/c6-4-1-2-5-3-4;1-3-2/h4-6H,1-3H2;3H2,1-2H3. The Morgan fingerprint density at radius 2 is 2.11 bits per heavy atom. The van der Waals surface area contributed by atoms with E-state index in [2.05, 4.69) is 19.2 Å². The molecular weight excluding hydrogens is 114 g/mol. The van der Waals surface area contributed by atoms with Crippen LogP contribution in [-0.4, -0.2) is 24.3 Å². The minimum absolute atomic E-state index is 0.0648. The molecule has 2 heteroatoms. The third-order valence-corrected chi connectivity index (χ3v) is 1.03. The largest absolute Gasteiger partial charge is 0.392 e. The molecular formula is C7H17NO. The van der Waals surface area contributed by atoms with Crippen molar-refractivity contribution >= 4 is 0 Å². The van der Waals surface area contributed by atoms with Crippen LogP contribution in [0.3, 0.4) is 0 Å². The molecule has 1 unspecified atom stereocenters. The Balaban J connectivity index is 0.000000187. The smallest absolute Gasteiger partial charge is 0.0676 e. The van der Waals surface area contributed by atoms with Crippen LogP contribution in [-0.2, 0) is 0 Å². The summed E-state index contributed by atoms with van der Waals surface area (Å²) in [6.07, 6.45) is 2.12. The van der Waals surface area contributed by atoms with Gasteiger partial charge in [0.15, 0.2) is 0 Å². The Kier molecular flexibility index (Phi) is 5.99. The molecule has 0 bridgehead atoms. The third-order valence-electron chi connectivity index (χ3n) is 1.03. The first-order valence-corrected chi connectivity index (χ1v) is 3.70. The van der Waals surface area contributed by atoms with E-state index in [1.54, 1.807) is 0 Å². The summed E-state index contributed by atoms with van der Waals surface area (Å²) in [5.41, 5.74) is 0. The molecule has 1 rings (SSSR count). The number of β-amino-alcohol motifs (C(OH)–C–C–N with tert-alkyl or cyclic N) is 1. The van der Waals surface area contributed by atoms with Gasteiger partial charge in [0, 0.05) is 6.54 Å². The lowest BCUT2D eigenvalue weighted by Gasteiger charge is -1.90. The van der Waals surface area contributed by atoms with Crippen LogP contribution in [0, 0.1) is 0 Å². The zero-order valence-electron chi connectivity index (χ0n) is 6.35. The Bertz CT molecular complexity index is 50.9. The molecule has 1 aliphatic heterocycles. The second-order valence-corrected chi connectivity index (χ2v) is 2.35. The summed E-state index contributed by atoms with van der Waals surface area (Å²) >= 11 is 0. The molecule has 0 saturated carbocycles. The van der Waals surface area contributed by atoms with Gasteiger partial charge < -0.3 is 10.4 Å². The maximum absolute atomic E-state index is 8.67. The molecule has 1 heterocycles. The molecule has 0 aliphatic carbocycles. The molecule has 2 N–H and O–H groups in total. The fraction of sp³-hybridized carbons (Fsp3) is 1.00. The molecule has 1 aliphatic rings. The second kappa shape index (κ2) is 6.05. The van der Waals surface area contributed by atoms with E-state index in [0.717, 1.165) is 19.5 Å². The zero-order chi connectivity index (χ0) is 7.11. The van der Waals surface area contributed by atoms with Crippen molar-refractivity contribution in [3.8, 4) is 0 Å². The Labute approximate surface area is 57.3 Å². The Hall–Kier alpha value is -0.0800. The minimum Gasteiger partial charge on any atom is -0.392 e. The highest BCUT2D eigenvalue weighted by Crippen LogP contribution is 1.93. The van der Waals surface area contributed by atoms with Crippen molar-refractivity contribution in [3.05, 3.63) is 0 Å². The molecule has 2 nitrogen and oxygen atoms in total. The third kappa shape index (κ3) is 5.80. The fourth-order valence-electron chi connectivity index (χ4n) is 0.639. The highest BCUT2D eigenvalue weighted by molar-refractivity contribution is 4.67. The molecule has 0 aromatic carbocycles. The van der Waals surface area contributed by atoms with Gasteiger partial charge in [0.25, 0.3) is 0 Å². The molecule has 9 heavy (non-hydrogen) atoms. The molecule has 1 atom stereocenters. The Morgan fingerprint density at radius 3 is 2.22 bits per heavy atom. The van der Waals surface area contributed by atoms with Gasteiger partial charge in [-0.3, -0.25) is 0 Å². The second-order valence-electron chi connectivity index (χ2n) is 2.35. The van der Waals surface area contributed by atoms with Crippen molar-refractivity contribution in [2.75, 3.05) is 13.1 Å². The van der Waals surface area contributed by atoms with E-state index < -0.39 is 0 Å². The Morgan fingerprint density at radius 1 is 1.56 bits per heavy atom. The van der Waals surface area contributed by atoms with Gasteiger partial charge in [-0.2, -0.15) is 0 Å². The number of nitrogens with one attached hydrogen (secondary N) is 1. The van der Waals surface area contributed by atoms with Crippen LogP contribution in [0.15, 0.2) is 0 Å². The summed E-state index contributed by atoms with van der Waals surface area (Å²) in [4.78, 5) is 0. The summed E-state index contributed by atoms with van der Waals surface area (Å²) < 4.78 is 0. The van der Waals surface area contributed by atoms with Crippen LogP contribution < -0.4 is 5.32 Å². The van der Waals surface area contributed by atoms with Crippen LogP contribution in [0.4, 0.5) is 0 Å². The lowest BCUT2D eigenvalue weighted by atomic mass is 10.3. The number of rotatable bonds is 0. The van der Waals surface area contributed by atoms with Gasteiger partial charge in [-0.1, -0.05) is 20.3 Å². The van der Waals surface area contributed by atoms with E-state index in [0.29, 0.717) is 0 Å². The first-order valence-electron chi connectivity index (χ1n) is 3.70. The SMILES string of the molecule is CCC.OC1CCNC1. The number of hydrogen-bond donors (Lipinski definition) is 2. The van der Waals surface area contributed by atoms with Gasteiger partial charge in [-0.05, 0) is 13.0 Å². The normalized spacial score (nSPS) is 25.0. The average Bonchev–Trinajstić information content (AvgIpc) is 2.20. The predicted molar refractivity (Wildman–Crippen MR) is 39.5 cm³/mol. The van der Waals surface area contributed by atoms with Crippen LogP contribution in [0.5, 0.6) is 0 Å². The van der Waals surface area contributed by atoms with Crippen molar-refractivity contribution in [1.29, 1.82) is 0 Å². The predicted octanol–water partition coefficient (Wildman–Crippen LogP) is 0.757. The highest BCUT2D eigenvalue weighted by atomic mass is 16.3. The monoisotopic (exact) mass is 131 g/mol. The molecule has 0 aromatic rings. The van der Waals surface area contributed by atoms with E-state index in [1.165, 1.54) is 6.42 Å². The van der Waals surface area contributed by atoms with Crippen molar-refractivity contribution < 1.29 is 5.11 Å². The summed E-state index contributed by atoms with van der Waals surface area (Å²) in [5, 5.41) is 11.7. The van der Waals surface area contributed by atoms with Crippen molar-refractivity contribution in [3.63, 3.8) is 0 Å². The van der Waals surface area contributed by atoms with Gasteiger partial charge in [0.2, 0.25) is 0 Å². The van der Waals surface area contributed by atoms with Crippen molar-refractivity contribution in [2.24, 2.45) is 0 Å². The maximum Gasteiger partial charge on any atom is 0.0676 e. The minimum atomic E-state index is -0.0648. The topological polar surface area (TPSA) is 32.3 Å². The van der Waals surface area contributed by atoms with E-state index in [1.807, 2.05) is 0 Å². The lowest BCUT2D eigenvalue weighted by Crippen LogP contribution is -2.11. The van der Waals surface area contributed by atoms with Crippen LogP contribution in [0.25, 0.3) is 0 Å². The van der Waals surface area contributed by atoms with Gasteiger partial charge in [0.05, 0.1) is 6.10 Å². The molecule has 0 spiro atoms. The highest BCUT2D eigenvalue weighted by Gasteiger charge is 2.08. The first kappa shape index (κ1) is 8.92. The zero-order valence-corrected chi connectivity index (χ0v) is 6.35. The number of aliphatic hydroxyl groups excluding tert-OH is 1. The van der Waals surface area contributed by atoms with Crippen LogP contribution in [0.1, 0.15) is 26.7 Å². The van der Waals surface area contributed by atoms with Crippen LogP contribution in [0.2, 0.25) is 0 Å². The maximum atomic E-state index is 8.67. The molecule has 0 radical (unpaired) electrons. The molecule has 1 saturated heterocycles. The van der Waals surface area contributed by atoms with E-state index in [9.17, 15) is 0 Å². The van der Waals surface area contributed by atoms with Gasteiger partial charge in [0.1, 0.15) is 0 Å². The number of hydrogen-bond acceptors (Lipinski definition) is 2. The number of aliphatic hydroxyl groups is 1. The van der Waals surface area contributed by atoms with Gasteiger partial charge in [-0.25, -0.2) is 0 Å². The van der Waals surface area contributed by atoms with Crippen molar-refractivity contribution in [1.82, 2.24) is 5.32 Å². The molecule has 1 fully saturated rings. The summed E-state index contributed by atoms with van der Waals surface area (Å²) in [5.74, 6) is 0. The first-order chi connectivity index (χ1) is 4.31. The quantitative estimate of drug-likeness (QED) is 0.508. The summed E-state index contributed by atoms with van der Waals surface area (Å²) in [7, 11) is 0.